The van der Waals surface area contributed by atoms with E-state index < -0.39 is 0 Å². The van der Waals surface area contributed by atoms with Crippen molar-refractivity contribution in [2.24, 2.45) is 11.8 Å². The fourth-order valence-corrected chi connectivity index (χ4v) is 3.40. The van der Waals surface area contributed by atoms with Gasteiger partial charge in [-0.05, 0) is 56.8 Å². The predicted molar refractivity (Wildman–Crippen MR) is 105 cm³/mol. The van der Waals surface area contributed by atoms with Crippen LogP contribution in [0.25, 0.3) is 0 Å². The number of likely N-dealkylation sites (tertiary alicyclic amines) is 1. The van der Waals surface area contributed by atoms with Crippen molar-refractivity contribution in [3.63, 3.8) is 0 Å². The SMILES string of the molecule is CC(C)C(=O)NCC1CCCN(C(C)C(=O)NC(C)c2ccc(F)cc2)C1. The Morgan fingerprint density at radius 1 is 1.15 bits per heavy atom. The molecule has 1 heterocycles. The third-order valence-corrected chi connectivity index (χ3v) is 5.30. The van der Waals surface area contributed by atoms with Crippen LogP contribution in [-0.4, -0.2) is 42.4 Å². The van der Waals surface area contributed by atoms with Gasteiger partial charge >= 0.3 is 0 Å². The number of nitrogens with zero attached hydrogens (tertiary/aromatic N) is 1. The lowest BCUT2D eigenvalue weighted by Crippen LogP contribution is -2.51. The van der Waals surface area contributed by atoms with Gasteiger partial charge in [-0.3, -0.25) is 14.5 Å². The van der Waals surface area contributed by atoms with Gasteiger partial charge in [-0.15, -0.1) is 0 Å². The van der Waals surface area contributed by atoms with Gasteiger partial charge in [-0.1, -0.05) is 26.0 Å². The number of piperidine rings is 1. The van der Waals surface area contributed by atoms with Crippen LogP contribution < -0.4 is 10.6 Å². The third kappa shape index (κ3) is 6.31. The van der Waals surface area contributed by atoms with Crippen LogP contribution in [0.1, 0.15) is 52.1 Å². The minimum atomic E-state index is -0.283. The Morgan fingerprint density at radius 3 is 2.44 bits per heavy atom. The Labute approximate surface area is 161 Å². The molecule has 1 aromatic rings. The maximum absolute atomic E-state index is 13.1. The first-order chi connectivity index (χ1) is 12.8. The first kappa shape index (κ1) is 21.4. The lowest BCUT2D eigenvalue weighted by atomic mass is 9.96. The quantitative estimate of drug-likeness (QED) is 0.768. The van der Waals surface area contributed by atoms with Crippen molar-refractivity contribution in [2.75, 3.05) is 19.6 Å². The molecule has 3 unspecified atom stereocenters. The minimum absolute atomic E-state index is 0.0117. The Hall–Kier alpha value is -1.95. The van der Waals surface area contributed by atoms with Crippen LogP contribution in [0.15, 0.2) is 24.3 Å². The first-order valence-electron chi connectivity index (χ1n) is 9.85. The normalized spacial score (nSPS) is 20.1. The van der Waals surface area contributed by atoms with E-state index in [1.165, 1.54) is 12.1 Å². The summed E-state index contributed by atoms with van der Waals surface area (Å²) in [5.41, 5.74) is 0.880. The molecule has 1 aliphatic heterocycles. The molecule has 5 nitrogen and oxygen atoms in total. The van der Waals surface area contributed by atoms with E-state index in [2.05, 4.69) is 15.5 Å². The van der Waals surface area contributed by atoms with E-state index >= 15 is 0 Å². The maximum atomic E-state index is 13.1. The number of hydrogen-bond donors (Lipinski definition) is 2. The molecule has 1 aromatic carbocycles. The van der Waals surface area contributed by atoms with Crippen molar-refractivity contribution in [3.8, 4) is 0 Å². The number of halogens is 1. The zero-order valence-electron chi connectivity index (χ0n) is 16.8. The second-order valence-electron chi connectivity index (χ2n) is 7.86. The van der Waals surface area contributed by atoms with Crippen LogP contribution in [-0.2, 0) is 9.59 Å². The van der Waals surface area contributed by atoms with Crippen LogP contribution in [0.4, 0.5) is 4.39 Å². The van der Waals surface area contributed by atoms with Gasteiger partial charge in [0.25, 0.3) is 0 Å². The van der Waals surface area contributed by atoms with Crippen molar-refractivity contribution in [1.29, 1.82) is 0 Å². The van der Waals surface area contributed by atoms with E-state index in [4.69, 9.17) is 0 Å². The van der Waals surface area contributed by atoms with Gasteiger partial charge in [0.2, 0.25) is 11.8 Å². The molecular formula is C21H32FN3O2. The Morgan fingerprint density at radius 2 is 1.81 bits per heavy atom. The highest BCUT2D eigenvalue weighted by Gasteiger charge is 2.28. The summed E-state index contributed by atoms with van der Waals surface area (Å²) in [4.78, 5) is 26.6. The summed E-state index contributed by atoms with van der Waals surface area (Å²) in [6.45, 7) is 9.94. The average Bonchev–Trinajstić information content (AvgIpc) is 2.65. The van der Waals surface area contributed by atoms with E-state index in [0.717, 1.165) is 31.5 Å². The second-order valence-corrected chi connectivity index (χ2v) is 7.86. The highest BCUT2D eigenvalue weighted by atomic mass is 19.1. The number of amides is 2. The molecule has 27 heavy (non-hydrogen) atoms. The zero-order chi connectivity index (χ0) is 20.0. The van der Waals surface area contributed by atoms with Crippen molar-refractivity contribution >= 4 is 11.8 Å². The van der Waals surface area contributed by atoms with Crippen LogP contribution in [0.3, 0.4) is 0 Å². The summed E-state index contributed by atoms with van der Waals surface area (Å²) < 4.78 is 13.1. The molecule has 3 atom stereocenters. The van der Waals surface area contributed by atoms with E-state index in [1.807, 2.05) is 27.7 Å². The molecule has 2 N–H and O–H groups in total. The largest absolute Gasteiger partial charge is 0.356 e. The van der Waals surface area contributed by atoms with Gasteiger partial charge in [0.15, 0.2) is 0 Å². The fourth-order valence-electron chi connectivity index (χ4n) is 3.40. The number of hydrogen-bond acceptors (Lipinski definition) is 3. The average molecular weight is 378 g/mol. The van der Waals surface area contributed by atoms with Crippen molar-refractivity contribution in [3.05, 3.63) is 35.6 Å². The lowest BCUT2D eigenvalue weighted by Gasteiger charge is -2.36. The van der Waals surface area contributed by atoms with Gasteiger partial charge in [-0.2, -0.15) is 0 Å². The third-order valence-electron chi connectivity index (χ3n) is 5.30. The molecular weight excluding hydrogens is 345 g/mol. The van der Waals surface area contributed by atoms with E-state index in [1.54, 1.807) is 12.1 Å². The van der Waals surface area contributed by atoms with Crippen molar-refractivity contribution in [2.45, 2.75) is 52.6 Å². The summed E-state index contributed by atoms with van der Waals surface area (Å²) in [5, 5.41) is 6.02. The number of benzene rings is 1. The number of nitrogens with one attached hydrogen (secondary N) is 2. The Kier molecular flexibility index (Phi) is 7.78. The molecule has 0 saturated carbocycles. The molecule has 1 fully saturated rings. The molecule has 2 amide bonds. The molecule has 2 rings (SSSR count). The van der Waals surface area contributed by atoms with Gasteiger partial charge in [0, 0.05) is 19.0 Å². The summed E-state index contributed by atoms with van der Waals surface area (Å²) >= 11 is 0. The van der Waals surface area contributed by atoms with Crippen LogP contribution >= 0.6 is 0 Å². The Balaban J connectivity index is 1.85. The molecule has 6 heteroatoms. The highest BCUT2D eigenvalue weighted by Crippen LogP contribution is 2.19. The van der Waals surface area contributed by atoms with E-state index in [-0.39, 0.29) is 35.6 Å². The molecule has 1 aliphatic rings. The van der Waals surface area contributed by atoms with E-state index in [0.29, 0.717) is 12.5 Å². The summed E-state index contributed by atoms with van der Waals surface area (Å²) in [6.07, 6.45) is 2.09. The molecule has 150 valence electrons. The molecule has 1 saturated heterocycles. The van der Waals surface area contributed by atoms with Gasteiger partial charge < -0.3 is 10.6 Å². The molecule has 0 spiro atoms. The summed E-state index contributed by atoms with van der Waals surface area (Å²) in [5.74, 6) is 0.118. The van der Waals surface area contributed by atoms with Gasteiger partial charge in [0.05, 0.1) is 12.1 Å². The highest BCUT2D eigenvalue weighted by molar-refractivity contribution is 5.81. The molecule has 0 bridgehead atoms. The van der Waals surface area contributed by atoms with Crippen LogP contribution in [0.5, 0.6) is 0 Å². The minimum Gasteiger partial charge on any atom is -0.356 e. The monoisotopic (exact) mass is 377 g/mol. The lowest BCUT2D eigenvalue weighted by molar-refractivity contribution is -0.128. The molecule has 0 aromatic heterocycles. The van der Waals surface area contributed by atoms with Crippen LogP contribution in [0.2, 0.25) is 0 Å². The van der Waals surface area contributed by atoms with Crippen molar-refractivity contribution < 1.29 is 14.0 Å². The van der Waals surface area contributed by atoms with Crippen molar-refractivity contribution in [1.82, 2.24) is 15.5 Å². The molecule has 0 aliphatic carbocycles. The molecule has 0 radical (unpaired) electrons. The standard InChI is InChI=1S/C21H32FN3O2/c1-14(2)20(26)23-12-17-6-5-11-25(13-17)16(4)21(27)24-15(3)18-7-9-19(22)10-8-18/h7-10,14-17H,5-6,11-13H2,1-4H3,(H,23,26)(H,24,27). The first-order valence-corrected chi connectivity index (χ1v) is 9.85. The Bertz CT molecular complexity index is 633. The topological polar surface area (TPSA) is 61.4 Å². The smallest absolute Gasteiger partial charge is 0.237 e. The number of carbonyl (C=O) groups is 2. The predicted octanol–water partition coefficient (Wildman–Crippen LogP) is 2.88. The maximum Gasteiger partial charge on any atom is 0.237 e. The number of carbonyl (C=O) groups excluding carboxylic acids is 2. The van der Waals surface area contributed by atoms with E-state index in [9.17, 15) is 14.0 Å². The van der Waals surface area contributed by atoms with Gasteiger partial charge in [0.1, 0.15) is 5.82 Å². The summed E-state index contributed by atoms with van der Waals surface area (Å²) in [6, 6.07) is 5.78. The van der Waals surface area contributed by atoms with Crippen LogP contribution in [0, 0.1) is 17.7 Å². The number of rotatable bonds is 7. The summed E-state index contributed by atoms with van der Waals surface area (Å²) in [7, 11) is 0. The fraction of sp³-hybridized carbons (Fsp3) is 0.619. The second kappa shape index (κ2) is 9.83. The van der Waals surface area contributed by atoms with Gasteiger partial charge in [-0.25, -0.2) is 4.39 Å². The zero-order valence-corrected chi connectivity index (χ0v) is 16.8.